The quantitative estimate of drug-likeness (QED) is 0.564. The molecule has 0 aromatic rings. The van der Waals surface area contributed by atoms with Crippen molar-refractivity contribution in [2.24, 2.45) is 5.92 Å². The first-order valence-corrected chi connectivity index (χ1v) is 11.7. The number of nitrogens with one attached hydrogen (secondary N) is 1. The van der Waals surface area contributed by atoms with E-state index < -0.39 is 0 Å². The van der Waals surface area contributed by atoms with Gasteiger partial charge in [-0.3, -0.25) is 0 Å². The van der Waals surface area contributed by atoms with E-state index in [4.69, 9.17) is 0 Å². The van der Waals surface area contributed by atoms with E-state index in [1.165, 1.54) is 135 Å². The fourth-order valence-corrected chi connectivity index (χ4v) is 4.87. The van der Waals surface area contributed by atoms with Crippen LogP contribution in [0, 0.1) is 5.92 Å². The molecule has 0 amide bonds. The largest absolute Gasteiger partial charge is 0.314 e. The maximum absolute atomic E-state index is 3.97. The predicted octanol–water partition coefficient (Wildman–Crippen LogP) is 7.39. The Morgan fingerprint density at radius 1 is 0.458 bits per heavy atom. The monoisotopic (exact) mass is 335 g/mol. The highest BCUT2D eigenvalue weighted by atomic mass is 14.9. The summed E-state index contributed by atoms with van der Waals surface area (Å²) >= 11 is 0. The summed E-state index contributed by atoms with van der Waals surface area (Å²) in [5.41, 5.74) is 0. The van der Waals surface area contributed by atoms with Crippen molar-refractivity contribution in [2.75, 3.05) is 6.54 Å². The van der Waals surface area contributed by atoms with E-state index in [9.17, 15) is 0 Å². The summed E-state index contributed by atoms with van der Waals surface area (Å²) in [7, 11) is 0. The molecule has 24 heavy (non-hydrogen) atoms. The maximum atomic E-state index is 3.97. The lowest BCUT2D eigenvalue weighted by Gasteiger charge is -2.22. The highest BCUT2D eigenvalue weighted by molar-refractivity contribution is 4.71. The van der Waals surface area contributed by atoms with Gasteiger partial charge in [-0.2, -0.15) is 0 Å². The van der Waals surface area contributed by atoms with E-state index in [2.05, 4.69) is 5.32 Å². The highest BCUT2D eigenvalue weighted by Gasteiger charge is 2.13. The molecule has 1 nitrogen and oxygen atoms in total. The normalized spacial score (nSPS) is 25.0. The van der Waals surface area contributed by atoms with Crippen molar-refractivity contribution in [1.29, 1.82) is 0 Å². The Morgan fingerprint density at radius 2 is 0.833 bits per heavy atom. The van der Waals surface area contributed by atoms with E-state index in [0.29, 0.717) is 0 Å². The smallest absolute Gasteiger partial charge is 0.00670 e. The molecule has 0 atom stereocenters. The maximum Gasteiger partial charge on any atom is 0.00670 e. The molecular formula is C23H45N. The van der Waals surface area contributed by atoms with E-state index in [-0.39, 0.29) is 0 Å². The van der Waals surface area contributed by atoms with Crippen LogP contribution in [0.3, 0.4) is 0 Å². The van der Waals surface area contributed by atoms with Gasteiger partial charge in [0.25, 0.3) is 0 Å². The minimum atomic E-state index is 0.822. The third-order valence-corrected chi connectivity index (χ3v) is 6.57. The Balaban J connectivity index is 1.63. The van der Waals surface area contributed by atoms with Crippen LogP contribution in [0.1, 0.15) is 128 Å². The summed E-state index contributed by atoms with van der Waals surface area (Å²) in [4.78, 5) is 0. The lowest BCUT2D eigenvalue weighted by molar-refractivity contribution is 0.343. The fourth-order valence-electron chi connectivity index (χ4n) is 4.87. The van der Waals surface area contributed by atoms with Gasteiger partial charge in [0.2, 0.25) is 0 Å². The number of rotatable bonds is 4. The Kier molecular flexibility index (Phi) is 12.0. The van der Waals surface area contributed by atoms with Crippen LogP contribution in [0.2, 0.25) is 0 Å². The summed E-state index contributed by atoms with van der Waals surface area (Å²) in [6.45, 7) is 1.29. The third-order valence-electron chi connectivity index (χ3n) is 6.57. The second-order valence-corrected chi connectivity index (χ2v) is 8.76. The molecule has 0 saturated heterocycles. The molecule has 2 saturated carbocycles. The lowest BCUT2D eigenvalue weighted by Crippen LogP contribution is -2.31. The van der Waals surface area contributed by atoms with Gasteiger partial charge in [0, 0.05) is 6.04 Å². The van der Waals surface area contributed by atoms with Gasteiger partial charge in [0.1, 0.15) is 0 Å². The Labute approximate surface area is 152 Å². The van der Waals surface area contributed by atoms with Gasteiger partial charge in [-0.25, -0.2) is 0 Å². The molecule has 0 aliphatic heterocycles. The summed E-state index contributed by atoms with van der Waals surface area (Å²) in [5.74, 6) is 1.01. The highest BCUT2D eigenvalue weighted by Crippen LogP contribution is 2.24. The molecule has 0 aromatic carbocycles. The molecule has 0 bridgehead atoms. The first-order valence-electron chi connectivity index (χ1n) is 11.7. The topological polar surface area (TPSA) is 12.0 Å². The molecule has 0 unspecified atom stereocenters. The molecule has 1 N–H and O–H groups in total. The van der Waals surface area contributed by atoms with Crippen LogP contribution in [0.25, 0.3) is 0 Å². The van der Waals surface area contributed by atoms with Crippen molar-refractivity contribution < 1.29 is 0 Å². The fraction of sp³-hybridized carbons (Fsp3) is 1.00. The summed E-state index contributed by atoms with van der Waals surface area (Å²) in [5, 5.41) is 3.97. The van der Waals surface area contributed by atoms with Crippen LogP contribution in [0.15, 0.2) is 0 Å². The van der Waals surface area contributed by atoms with E-state index in [1.807, 2.05) is 0 Å². The van der Waals surface area contributed by atoms with Crippen molar-refractivity contribution in [3.05, 3.63) is 0 Å². The van der Waals surface area contributed by atoms with Gasteiger partial charge < -0.3 is 5.32 Å². The van der Waals surface area contributed by atoms with Crippen molar-refractivity contribution in [3.8, 4) is 0 Å². The first kappa shape index (κ1) is 20.3. The minimum Gasteiger partial charge on any atom is -0.314 e. The minimum absolute atomic E-state index is 0.822. The zero-order valence-corrected chi connectivity index (χ0v) is 16.5. The average Bonchev–Trinajstić information content (AvgIpc) is 2.66. The Bertz CT molecular complexity index is 253. The second-order valence-electron chi connectivity index (χ2n) is 8.76. The van der Waals surface area contributed by atoms with E-state index in [1.54, 1.807) is 0 Å². The summed E-state index contributed by atoms with van der Waals surface area (Å²) < 4.78 is 0. The second kappa shape index (κ2) is 14.2. The first-order chi connectivity index (χ1) is 11.9. The molecule has 2 rings (SSSR count). The van der Waals surface area contributed by atoms with Crippen molar-refractivity contribution >= 4 is 0 Å². The molecule has 142 valence electrons. The SMILES string of the molecule is C1CCCCC(CCNC2CCCCCCCCCC2)CCCC1. The Morgan fingerprint density at radius 3 is 1.29 bits per heavy atom. The number of hydrogen-bond acceptors (Lipinski definition) is 1. The van der Waals surface area contributed by atoms with Gasteiger partial charge in [-0.15, -0.1) is 0 Å². The average molecular weight is 336 g/mol. The molecule has 1 heteroatoms. The zero-order chi connectivity index (χ0) is 16.7. The molecule has 0 radical (unpaired) electrons. The van der Waals surface area contributed by atoms with Crippen LogP contribution in [0.4, 0.5) is 0 Å². The van der Waals surface area contributed by atoms with Gasteiger partial charge in [-0.05, 0) is 31.7 Å². The zero-order valence-electron chi connectivity index (χ0n) is 16.5. The molecule has 2 aliphatic rings. The van der Waals surface area contributed by atoms with Crippen LogP contribution in [-0.2, 0) is 0 Å². The molecule has 0 spiro atoms. The summed E-state index contributed by atoms with van der Waals surface area (Å²) in [6, 6.07) is 0.822. The molecule has 2 fully saturated rings. The van der Waals surface area contributed by atoms with Crippen molar-refractivity contribution in [1.82, 2.24) is 5.32 Å². The summed E-state index contributed by atoms with van der Waals surface area (Å²) in [6.07, 6.45) is 29.6. The van der Waals surface area contributed by atoms with Crippen LogP contribution >= 0.6 is 0 Å². The van der Waals surface area contributed by atoms with Crippen molar-refractivity contribution in [2.45, 2.75) is 134 Å². The van der Waals surface area contributed by atoms with Gasteiger partial charge in [0.15, 0.2) is 0 Å². The molecule has 0 aromatic heterocycles. The van der Waals surface area contributed by atoms with Crippen LogP contribution in [-0.4, -0.2) is 12.6 Å². The molecule has 0 heterocycles. The standard InChI is InChI=1S/C23H45N/c1-2-7-11-15-19-23(18-14-10-6-1)24-21-20-22-16-12-8-4-3-5-9-13-17-22/h22-24H,1-21H2. The lowest BCUT2D eigenvalue weighted by atomic mass is 9.90. The van der Waals surface area contributed by atoms with Crippen molar-refractivity contribution in [3.63, 3.8) is 0 Å². The van der Waals surface area contributed by atoms with Crippen LogP contribution < -0.4 is 5.32 Å². The van der Waals surface area contributed by atoms with E-state index in [0.717, 1.165) is 12.0 Å². The molecular weight excluding hydrogens is 290 g/mol. The van der Waals surface area contributed by atoms with Gasteiger partial charge in [-0.1, -0.05) is 109 Å². The van der Waals surface area contributed by atoms with E-state index >= 15 is 0 Å². The molecule has 2 aliphatic carbocycles. The van der Waals surface area contributed by atoms with Gasteiger partial charge >= 0.3 is 0 Å². The number of hydrogen-bond donors (Lipinski definition) is 1. The Hall–Kier alpha value is -0.0400. The van der Waals surface area contributed by atoms with Crippen LogP contribution in [0.5, 0.6) is 0 Å². The third kappa shape index (κ3) is 10.1. The predicted molar refractivity (Wildman–Crippen MR) is 108 cm³/mol. The van der Waals surface area contributed by atoms with Gasteiger partial charge in [0.05, 0.1) is 0 Å².